The number of carbonyl (C=O) groups is 2. The van der Waals surface area contributed by atoms with Crippen molar-refractivity contribution >= 4 is 45.9 Å². The third-order valence-corrected chi connectivity index (χ3v) is 18.5. The molecule has 5 rings (SSSR count). The first kappa shape index (κ1) is 69.1. The van der Waals surface area contributed by atoms with E-state index in [2.05, 4.69) is 35.1 Å². The lowest BCUT2D eigenvalue weighted by molar-refractivity contribution is -0.254. The molecule has 0 spiro atoms. The van der Waals surface area contributed by atoms with E-state index in [1.807, 2.05) is 0 Å². The number of thiophene rings is 2. The fourth-order valence-electron chi connectivity index (χ4n) is 11.2. The summed E-state index contributed by atoms with van der Waals surface area (Å²) in [5, 5.41) is 11.4. The van der Waals surface area contributed by atoms with Crippen LogP contribution < -0.4 is 30.7 Å². The molecule has 0 aliphatic heterocycles. The van der Waals surface area contributed by atoms with Crippen LogP contribution in [-0.4, -0.2) is 69.2 Å². The van der Waals surface area contributed by atoms with E-state index >= 15 is 26.3 Å². The highest BCUT2D eigenvalue weighted by Crippen LogP contribution is 2.67. The summed E-state index contributed by atoms with van der Waals surface area (Å²) in [7, 11) is 0. The first-order valence-electron chi connectivity index (χ1n) is 31.6. The van der Waals surface area contributed by atoms with E-state index in [4.69, 9.17) is 9.47 Å². The lowest BCUT2D eigenvalue weighted by atomic mass is 9.90. The zero-order valence-electron chi connectivity index (χ0n) is 50.9. The Hall–Kier alpha value is -4.70. The molecule has 0 fully saturated rings. The summed E-state index contributed by atoms with van der Waals surface area (Å²) in [6.45, 7) is 12.6. The summed E-state index contributed by atoms with van der Waals surface area (Å²) in [4.78, 5) is 26.1. The molecule has 1 aliphatic rings. The molecule has 2 aromatic heterocycles. The Morgan fingerprint density at radius 2 is 0.663 bits per heavy atom. The van der Waals surface area contributed by atoms with Crippen molar-refractivity contribution < 1.29 is 45.4 Å². The minimum absolute atomic E-state index is 0.184. The number of unbranched alkanes of at least 4 members (excludes halogenated alkanes) is 26. The van der Waals surface area contributed by atoms with Gasteiger partial charge in [-0.15, -0.1) is 22.7 Å². The van der Waals surface area contributed by atoms with Gasteiger partial charge in [0.2, 0.25) is 0 Å². The number of rotatable bonds is 42. The van der Waals surface area contributed by atoms with Crippen LogP contribution in [0.1, 0.15) is 226 Å². The second kappa shape index (κ2) is 36.3. The summed E-state index contributed by atoms with van der Waals surface area (Å²) in [6, 6.07) is 13.0. The third kappa shape index (κ3) is 20.8. The number of benzene rings is 2. The molecule has 0 unspecified atom stereocenters. The molecule has 16 heteroatoms. The molecule has 8 nitrogen and oxygen atoms in total. The van der Waals surface area contributed by atoms with Gasteiger partial charge in [-0.2, -0.15) is 26.3 Å². The van der Waals surface area contributed by atoms with Gasteiger partial charge >= 0.3 is 29.8 Å². The second-order valence-electron chi connectivity index (χ2n) is 22.8. The SMILES string of the molecule is CCCCCCCCCCCCCCCCNC(=O)NCCOc1ccc(-c2sc(C)c(C3=C(c4c(C)sc(-c5ccc(OCCNC(=O)NCCCCCCCCCCCCCCCC)cc5)c4C)C(F)(F)C(F)(F)C3(F)F)c2C)cc1. The Balaban J connectivity index is 1.08. The number of ether oxygens (including phenoxy) is 2. The van der Waals surface area contributed by atoms with E-state index in [-0.39, 0.29) is 70.4 Å². The summed E-state index contributed by atoms with van der Waals surface area (Å²) < 4.78 is 109. The predicted molar refractivity (Wildman–Crippen MR) is 335 cm³/mol. The van der Waals surface area contributed by atoms with Crippen LogP contribution in [0.4, 0.5) is 35.9 Å². The van der Waals surface area contributed by atoms with Gasteiger partial charge in [0.1, 0.15) is 24.7 Å². The highest BCUT2D eigenvalue weighted by atomic mass is 32.1. The molecular formula is C67H98F6N4O4S2. The van der Waals surface area contributed by atoms with Crippen LogP contribution >= 0.6 is 22.7 Å². The Morgan fingerprint density at radius 3 is 0.952 bits per heavy atom. The molecule has 0 saturated carbocycles. The number of alkyl halides is 6. The first-order valence-corrected chi connectivity index (χ1v) is 33.2. The van der Waals surface area contributed by atoms with E-state index in [9.17, 15) is 9.59 Å². The number of urea groups is 2. The fourth-order valence-corrected chi connectivity index (χ4v) is 13.6. The maximum atomic E-state index is 16.3. The van der Waals surface area contributed by atoms with Gasteiger partial charge in [0, 0.05) is 54.9 Å². The van der Waals surface area contributed by atoms with Gasteiger partial charge in [0.05, 0.1) is 13.1 Å². The van der Waals surface area contributed by atoms with E-state index in [0.717, 1.165) is 48.4 Å². The van der Waals surface area contributed by atoms with Crippen LogP contribution in [0.15, 0.2) is 48.5 Å². The Morgan fingerprint density at radius 1 is 0.398 bits per heavy atom. The van der Waals surface area contributed by atoms with E-state index in [1.54, 1.807) is 48.5 Å². The van der Waals surface area contributed by atoms with Crippen LogP contribution in [0, 0.1) is 27.7 Å². The van der Waals surface area contributed by atoms with Crippen LogP contribution in [0.25, 0.3) is 32.0 Å². The summed E-state index contributed by atoms with van der Waals surface area (Å²) in [5.41, 5.74) is -1.85. The van der Waals surface area contributed by atoms with Crippen molar-refractivity contribution in [1.82, 2.24) is 21.3 Å². The van der Waals surface area contributed by atoms with Gasteiger partial charge < -0.3 is 30.7 Å². The third-order valence-electron chi connectivity index (χ3n) is 16.0. The number of nitrogens with one attached hydrogen (secondary N) is 4. The zero-order chi connectivity index (χ0) is 60.1. The highest BCUT2D eigenvalue weighted by Gasteiger charge is 2.80. The fraction of sp³-hybridized carbons (Fsp3) is 0.642. The topological polar surface area (TPSA) is 101 Å². The molecule has 2 aromatic carbocycles. The molecule has 464 valence electrons. The van der Waals surface area contributed by atoms with Crippen LogP contribution in [-0.2, 0) is 0 Å². The summed E-state index contributed by atoms with van der Waals surface area (Å²) in [6.07, 6.45) is 35.5. The molecule has 0 saturated heterocycles. The molecule has 1 aliphatic carbocycles. The van der Waals surface area contributed by atoms with Crippen LogP contribution in [0.2, 0.25) is 0 Å². The normalized spacial score (nSPS) is 14.3. The average Bonchev–Trinajstić information content (AvgIpc) is 1.62. The van der Waals surface area contributed by atoms with Gasteiger partial charge in [-0.3, -0.25) is 0 Å². The first-order chi connectivity index (χ1) is 40.0. The van der Waals surface area contributed by atoms with E-state index in [0.29, 0.717) is 45.5 Å². The van der Waals surface area contributed by atoms with Gasteiger partial charge in [0.15, 0.2) is 0 Å². The van der Waals surface area contributed by atoms with Crippen molar-refractivity contribution in [3.63, 3.8) is 0 Å². The minimum atomic E-state index is -5.72. The molecule has 4 aromatic rings. The summed E-state index contributed by atoms with van der Waals surface area (Å²) in [5.74, 6) is -15.2. The number of hydrogen-bond acceptors (Lipinski definition) is 6. The van der Waals surface area contributed by atoms with Crippen LogP contribution in [0.5, 0.6) is 11.5 Å². The van der Waals surface area contributed by atoms with Crippen molar-refractivity contribution in [2.75, 3.05) is 39.4 Å². The maximum absolute atomic E-state index is 16.3. The summed E-state index contributed by atoms with van der Waals surface area (Å²) >= 11 is 2.14. The van der Waals surface area contributed by atoms with Crippen LogP contribution in [0.3, 0.4) is 0 Å². The van der Waals surface area contributed by atoms with Crippen molar-refractivity contribution in [3.8, 4) is 32.4 Å². The monoisotopic (exact) mass is 1200 g/mol. The van der Waals surface area contributed by atoms with Crippen molar-refractivity contribution in [3.05, 3.63) is 80.5 Å². The largest absolute Gasteiger partial charge is 0.492 e. The smallest absolute Gasteiger partial charge is 0.380 e. The lowest BCUT2D eigenvalue weighted by Crippen LogP contribution is -2.49. The molecule has 0 atom stereocenters. The molecule has 4 N–H and O–H groups in total. The Bertz CT molecular complexity index is 2390. The average molecular weight is 1200 g/mol. The highest BCUT2D eigenvalue weighted by molar-refractivity contribution is 7.16. The van der Waals surface area contributed by atoms with E-state index < -0.39 is 28.9 Å². The quantitative estimate of drug-likeness (QED) is 0.0262. The zero-order valence-corrected chi connectivity index (χ0v) is 52.5. The molecule has 0 bridgehead atoms. The number of amides is 4. The van der Waals surface area contributed by atoms with Gasteiger partial charge in [0.25, 0.3) is 0 Å². The number of hydrogen-bond donors (Lipinski definition) is 4. The Kier molecular flexibility index (Phi) is 30.2. The molecule has 4 amide bonds. The van der Waals surface area contributed by atoms with E-state index in [1.165, 1.54) is 182 Å². The molecule has 83 heavy (non-hydrogen) atoms. The second-order valence-corrected chi connectivity index (χ2v) is 25.2. The Labute approximate surface area is 501 Å². The molecule has 2 heterocycles. The van der Waals surface area contributed by atoms with Crippen molar-refractivity contribution in [1.29, 1.82) is 0 Å². The number of carbonyl (C=O) groups excluding carboxylic acids is 2. The molecule has 0 radical (unpaired) electrons. The van der Waals surface area contributed by atoms with Crippen molar-refractivity contribution in [2.45, 2.75) is 239 Å². The minimum Gasteiger partial charge on any atom is -0.492 e. The molecular weight excluding hydrogens is 1100 g/mol. The van der Waals surface area contributed by atoms with Crippen molar-refractivity contribution in [2.24, 2.45) is 0 Å². The maximum Gasteiger partial charge on any atom is 0.380 e. The van der Waals surface area contributed by atoms with Gasteiger partial charge in [-0.25, -0.2) is 9.59 Å². The lowest BCUT2D eigenvalue weighted by Gasteiger charge is -2.26. The van der Waals surface area contributed by atoms with Gasteiger partial charge in [-0.05, 0) is 111 Å². The standard InChI is InChI=1S/C67H98F6N4O4S2/c1-7-9-11-13-15-17-19-21-23-25-27-29-31-33-43-74-63(78)76-45-47-80-55-39-35-53(36-40-55)61-49(3)57(51(5)82-61)59-60(66(70,71)67(72,73)65(59,68)69)58-50(4)62(83-52(58)6)54-37-41-56(42-38-54)81-48-46-77-64(79)75-44-34-32-30-28-26-24-22-20-18-16-14-12-10-8-2/h35-42H,7-34,43-48H2,1-6H3,(H2,74,76,78)(H2,75,77,79). The number of aryl methyl sites for hydroxylation is 2. The van der Waals surface area contributed by atoms with Gasteiger partial charge in [-0.1, -0.05) is 181 Å². The predicted octanol–water partition coefficient (Wildman–Crippen LogP) is 20.5. The number of halogens is 6. The number of allylic oxidation sites excluding steroid dienone is 2.